The van der Waals surface area contributed by atoms with Crippen LogP contribution in [0, 0.1) is 41.4 Å². The van der Waals surface area contributed by atoms with Gasteiger partial charge in [0.25, 0.3) is 0 Å². The molecule has 0 unspecified atom stereocenters. The molecule has 8 rings (SSSR count). The van der Waals surface area contributed by atoms with Crippen LogP contribution in [0.3, 0.4) is 0 Å². The van der Waals surface area contributed by atoms with Crippen molar-refractivity contribution in [1.82, 2.24) is 0 Å². The molecule has 0 N–H and O–H groups in total. The molecule has 2 saturated heterocycles. The smallest absolute Gasteiger partial charge is 0.316 e. The van der Waals surface area contributed by atoms with E-state index in [0.717, 1.165) is 6.42 Å². The third-order valence-electron chi connectivity index (χ3n) is 8.54. The van der Waals surface area contributed by atoms with E-state index in [9.17, 15) is 19.2 Å². The van der Waals surface area contributed by atoms with Gasteiger partial charge in [-0.05, 0) is 60.4 Å². The second kappa shape index (κ2) is 7.77. The van der Waals surface area contributed by atoms with Gasteiger partial charge in [0.15, 0.2) is 0 Å². The minimum atomic E-state index is -0.633. The van der Waals surface area contributed by atoms with Crippen LogP contribution < -0.4 is 14.5 Å². The first-order valence-corrected chi connectivity index (χ1v) is 12.7. The van der Waals surface area contributed by atoms with Crippen LogP contribution in [0.1, 0.15) is 12.8 Å². The molecule has 2 saturated carbocycles. The Balaban J connectivity index is 1.08. The van der Waals surface area contributed by atoms with Gasteiger partial charge in [-0.2, -0.15) is 0 Å². The molecule has 2 aliphatic heterocycles. The number of ether oxygens (including phenoxy) is 1. The lowest BCUT2D eigenvalue weighted by molar-refractivity contribution is -0.139. The zero-order valence-electron chi connectivity index (χ0n) is 19.2. The molecule has 7 nitrogen and oxygen atoms in total. The van der Waals surface area contributed by atoms with E-state index in [1.807, 2.05) is 0 Å². The summed E-state index contributed by atoms with van der Waals surface area (Å²) in [5.41, 5.74) is 1.05. The molecule has 4 fully saturated rings. The summed E-state index contributed by atoms with van der Waals surface area (Å²) in [6.07, 6.45) is 5.43. The minimum absolute atomic E-state index is 0.0373. The molecule has 3 amide bonds. The van der Waals surface area contributed by atoms with Crippen LogP contribution in [0.2, 0.25) is 5.02 Å². The van der Waals surface area contributed by atoms with Crippen LogP contribution in [-0.4, -0.2) is 30.2 Å². The first-order valence-electron chi connectivity index (χ1n) is 12.3. The molecule has 8 heteroatoms. The summed E-state index contributed by atoms with van der Waals surface area (Å²) >= 11 is 6.05. The van der Waals surface area contributed by atoms with Crippen molar-refractivity contribution in [3.05, 3.63) is 65.7 Å². The molecule has 2 aromatic carbocycles. The summed E-state index contributed by atoms with van der Waals surface area (Å²) in [6, 6.07) is 13.5. The van der Waals surface area contributed by atoms with E-state index in [4.69, 9.17) is 16.3 Å². The highest BCUT2D eigenvalue weighted by Crippen LogP contribution is 2.65. The number of benzene rings is 2. The standard InChI is InChI=1S/C28H23ClN2O5/c29-15-3-1-4-16(10-15)30-13-14(9-23(30)32)28(35)36-18-6-2-5-17(11-18)31-26(33)24-19-7-8-20(22-12-21(19)22)25(24)27(31)34/h1-8,10-11,14,19-22,24-25H,9,12-13H2/t14-,19+,20+,21-,22+,24-,25-/m1/s1. The summed E-state index contributed by atoms with van der Waals surface area (Å²) in [5.74, 6) is -0.620. The molecular weight excluding hydrogens is 480 g/mol. The number of carbonyl (C=O) groups is 4. The molecular formula is C28H23ClN2O5. The molecule has 0 aromatic heterocycles. The number of rotatable bonds is 4. The van der Waals surface area contributed by atoms with Crippen molar-refractivity contribution in [2.75, 3.05) is 16.3 Å². The number of amides is 3. The van der Waals surface area contributed by atoms with Crippen molar-refractivity contribution < 1.29 is 23.9 Å². The summed E-state index contributed by atoms with van der Waals surface area (Å²) in [7, 11) is 0. The predicted molar refractivity (Wildman–Crippen MR) is 131 cm³/mol. The Morgan fingerprint density at radius 3 is 2.25 bits per heavy atom. The van der Waals surface area contributed by atoms with E-state index in [-0.39, 0.29) is 60.1 Å². The lowest BCUT2D eigenvalue weighted by atomic mass is 9.63. The Bertz CT molecular complexity index is 1340. The van der Waals surface area contributed by atoms with Gasteiger partial charge in [0.05, 0.1) is 23.4 Å². The lowest BCUT2D eigenvalue weighted by Crippen LogP contribution is -2.40. The molecule has 36 heavy (non-hydrogen) atoms. The maximum absolute atomic E-state index is 13.4. The lowest BCUT2D eigenvalue weighted by Gasteiger charge is -2.37. The summed E-state index contributed by atoms with van der Waals surface area (Å²) in [5, 5.41) is 0.509. The fourth-order valence-electron chi connectivity index (χ4n) is 6.86. The van der Waals surface area contributed by atoms with Crippen molar-refractivity contribution >= 4 is 46.7 Å². The maximum atomic E-state index is 13.4. The van der Waals surface area contributed by atoms with E-state index < -0.39 is 11.9 Å². The number of nitrogens with zero attached hydrogens (tertiary/aromatic N) is 2. The average molecular weight is 503 g/mol. The molecule has 2 bridgehead atoms. The van der Waals surface area contributed by atoms with Crippen LogP contribution in [-0.2, 0) is 19.2 Å². The second-order valence-electron chi connectivity index (χ2n) is 10.5. The van der Waals surface area contributed by atoms with Gasteiger partial charge in [-0.3, -0.25) is 19.2 Å². The molecule has 4 aliphatic carbocycles. The molecule has 2 aromatic rings. The highest BCUT2D eigenvalue weighted by Gasteiger charge is 2.67. The Kier molecular flexibility index (Phi) is 4.71. The fourth-order valence-corrected chi connectivity index (χ4v) is 7.04. The van der Waals surface area contributed by atoms with Crippen LogP contribution in [0.5, 0.6) is 5.75 Å². The SMILES string of the molecule is O=C(Oc1cccc(N2C(=O)[C@@H]3[C@H]4C=C[C@@H]([C@@H]5C[C@H]45)[C@H]3C2=O)c1)[C@@H]1CC(=O)N(c2cccc(Cl)c2)C1. The monoisotopic (exact) mass is 502 g/mol. The van der Waals surface area contributed by atoms with Crippen molar-refractivity contribution in [3.8, 4) is 5.75 Å². The Morgan fingerprint density at radius 1 is 0.889 bits per heavy atom. The maximum Gasteiger partial charge on any atom is 0.316 e. The van der Waals surface area contributed by atoms with Crippen molar-refractivity contribution in [2.45, 2.75) is 12.8 Å². The van der Waals surface area contributed by atoms with Crippen molar-refractivity contribution in [1.29, 1.82) is 0 Å². The van der Waals surface area contributed by atoms with Gasteiger partial charge in [-0.25, -0.2) is 4.90 Å². The molecule has 0 radical (unpaired) electrons. The van der Waals surface area contributed by atoms with Crippen LogP contribution >= 0.6 is 11.6 Å². The summed E-state index contributed by atoms with van der Waals surface area (Å²) in [6.45, 7) is 0.197. The van der Waals surface area contributed by atoms with E-state index in [1.165, 1.54) is 9.80 Å². The molecule has 7 atom stereocenters. The van der Waals surface area contributed by atoms with Crippen LogP contribution in [0.4, 0.5) is 11.4 Å². The Labute approximate surface area is 212 Å². The summed E-state index contributed by atoms with van der Waals surface area (Å²) in [4.78, 5) is 55.1. The second-order valence-corrected chi connectivity index (χ2v) is 10.9. The van der Waals surface area contributed by atoms with Gasteiger partial charge in [0.1, 0.15) is 5.75 Å². The van der Waals surface area contributed by atoms with Gasteiger partial charge in [-0.1, -0.05) is 35.9 Å². The van der Waals surface area contributed by atoms with Crippen molar-refractivity contribution in [2.24, 2.45) is 41.4 Å². The van der Waals surface area contributed by atoms with Gasteiger partial charge in [0, 0.05) is 29.7 Å². The van der Waals surface area contributed by atoms with E-state index in [1.54, 1.807) is 48.5 Å². The van der Waals surface area contributed by atoms with Gasteiger partial charge in [-0.15, -0.1) is 0 Å². The molecule has 182 valence electrons. The molecule has 0 spiro atoms. The van der Waals surface area contributed by atoms with Crippen molar-refractivity contribution in [3.63, 3.8) is 0 Å². The third kappa shape index (κ3) is 3.18. The number of hydrogen-bond acceptors (Lipinski definition) is 5. The van der Waals surface area contributed by atoms with Gasteiger partial charge < -0.3 is 9.64 Å². The van der Waals surface area contributed by atoms with Crippen LogP contribution in [0.25, 0.3) is 0 Å². The number of esters is 1. The first-order chi connectivity index (χ1) is 17.4. The largest absolute Gasteiger partial charge is 0.426 e. The number of allylic oxidation sites excluding steroid dienone is 2. The number of anilines is 2. The predicted octanol–water partition coefficient (Wildman–Crippen LogP) is 3.86. The minimum Gasteiger partial charge on any atom is -0.426 e. The van der Waals surface area contributed by atoms with Crippen LogP contribution in [0.15, 0.2) is 60.7 Å². The fraction of sp³-hybridized carbons (Fsp3) is 0.357. The van der Waals surface area contributed by atoms with E-state index in [0.29, 0.717) is 28.2 Å². The summed E-state index contributed by atoms with van der Waals surface area (Å²) < 4.78 is 5.62. The highest BCUT2D eigenvalue weighted by molar-refractivity contribution is 6.31. The number of carbonyl (C=O) groups excluding carboxylic acids is 4. The third-order valence-corrected chi connectivity index (χ3v) is 8.77. The average Bonchev–Trinajstić information content (AvgIpc) is 3.54. The van der Waals surface area contributed by atoms with Gasteiger partial charge in [0.2, 0.25) is 17.7 Å². The number of imide groups is 1. The topological polar surface area (TPSA) is 84.0 Å². The Morgan fingerprint density at radius 2 is 1.56 bits per heavy atom. The molecule has 2 heterocycles. The zero-order chi connectivity index (χ0) is 24.7. The molecule has 6 aliphatic rings. The number of hydrogen-bond donors (Lipinski definition) is 0. The van der Waals surface area contributed by atoms with E-state index >= 15 is 0 Å². The Hall–Kier alpha value is -3.45. The quantitative estimate of drug-likeness (QED) is 0.274. The first kappa shape index (κ1) is 21.8. The highest BCUT2D eigenvalue weighted by atomic mass is 35.5. The van der Waals surface area contributed by atoms with E-state index in [2.05, 4.69) is 12.2 Å². The number of halogens is 1. The van der Waals surface area contributed by atoms with Gasteiger partial charge >= 0.3 is 5.97 Å². The normalized spacial score (nSPS) is 33.7. The zero-order valence-corrected chi connectivity index (χ0v) is 20.0.